The summed E-state index contributed by atoms with van der Waals surface area (Å²) < 4.78 is 0. The van der Waals surface area contributed by atoms with Gasteiger partial charge in [0, 0.05) is 18.1 Å². The van der Waals surface area contributed by atoms with Crippen molar-refractivity contribution in [1.29, 1.82) is 0 Å². The normalized spacial score (nSPS) is 9.55. The van der Waals surface area contributed by atoms with E-state index in [1.807, 2.05) is 24.1 Å². The molecule has 0 bridgehead atoms. The molecule has 0 aliphatic heterocycles. The van der Waals surface area contributed by atoms with E-state index in [9.17, 15) is 0 Å². The Kier molecular flexibility index (Phi) is 5.68. The second-order valence-corrected chi connectivity index (χ2v) is 2.76. The summed E-state index contributed by atoms with van der Waals surface area (Å²) in [6.07, 6.45) is 9.05. The van der Waals surface area contributed by atoms with Crippen LogP contribution in [0.4, 0.5) is 0 Å². The summed E-state index contributed by atoms with van der Waals surface area (Å²) in [4.78, 5) is 1.92. The molecule has 0 rings (SSSR count). The van der Waals surface area contributed by atoms with Crippen molar-refractivity contribution in [2.75, 3.05) is 18.9 Å². The summed E-state index contributed by atoms with van der Waals surface area (Å²) in [5.74, 6) is 2.54. The first-order valence-corrected chi connectivity index (χ1v) is 4.40. The van der Waals surface area contributed by atoms with Crippen LogP contribution in [-0.2, 0) is 0 Å². The van der Waals surface area contributed by atoms with E-state index in [1.165, 1.54) is 0 Å². The van der Waals surface area contributed by atoms with Gasteiger partial charge in [-0.25, -0.2) is 0 Å². The van der Waals surface area contributed by atoms with Crippen molar-refractivity contribution in [2.45, 2.75) is 0 Å². The van der Waals surface area contributed by atoms with E-state index in [2.05, 4.69) is 28.4 Å². The highest BCUT2D eigenvalue weighted by atomic mass is 79.9. The molecule has 0 saturated carbocycles. The lowest BCUT2D eigenvalue weighted by molar-refractivity contribution is 0.489. The highest BCUT2D eigenvalue weighted by molar-refractivity contribution is 9.09. The summed E-state index contributed by atoms with van der Waals surface area (Å²) in [7, 11) is 1.92. The molecule has 0 amide bonds. The van der Waals surface area contributed by atoms with Crippen LogP contribution < -0.4 is 0 Å². The number of halogens is 1. The smallest absolute Gasteiger partial charge is 0.0788 e. The zero-order valence-corrected chi connectivity index (χ0v) is 8.26. The maximum Gasteiger partial charge on any atom is 0.0788 e. The van der Waals surface area contributed by atoms with Crippen LogP contribution >= 0.6 is 15.9 Å². The number of nitrogens with zero attached hydrogens (tertiary/aromatic N) is 1. The molecule has 0 N–H and O–H groups in total. The van der Waals surface area contributed by atoms with E-state index in [0.29, 0.717) is 6.54 Å². The van der Waals surface area contributed by atoms with Gasteiger partial charge < -0.3 is 4.90 Å². The van der Waals surface area contributed by atoms with Crippen LogP contribution in [0.3, 0.4) is 0 Å². The Morgan fingerprint density at radius 2 is 2.45 bits per heavy atom. The molecular weight excluding hydrogens is 202 g/mol. The Morgan fingerprint density at radius 1 is 1.82 bits per heavy atom. The van der Waals surface area contributed by atoms with E-state index < -0.39 is 0 Å². The molecule has 11 heavy (non-hydrogen) atoms. The topological polar surface area (TPSA) is 3.24 Å². The number of allylic oxidation sites excluding steroid dienone is 2. The first-order valence-electron chi connectivity index (χ1n) is 3.28. The van der Waals surface area contributed by atoms with E-state index in [1.54, 1.807) is 0 Å². The molecule has 60 valence electrons. The van der Waals surface area contributed by atoms with Crippen LogP contribution in [0.25, 0.3) is 0 Å². The average Bonchev–Trinajstić information content (AvgIpc) is 2.00. The van der Waals surface area contributed by atoms with Crippen LogP contribution in [0.15, 0.2) is 24.4 Å². The molecule has 0 unspecified atom stereocenters. The van der Waals surface area contributed by atoms with Gasteiger partial charge in [-0.2, -0.15) is 0 Å². The summed E-state index contributed by atoms with van der Waals surface area (Å²) in [6, 6.07) is 0. The van der Waals surface area contributed by atoms with Gasteiger partial charge in [0.05, 0.1) is 6.54 Å². The molecule has 0 atom stereocenters. The third kappa shape index (κ3) is 4.69. The maximum absolute atomic E-state index is 5.13. The average molecular weight is 214 g/mol. The van der Waals surface area contributed by atoms with Crippen molar-refractivity contribution in [3.63, 3.8) is 0 Å². The number of rotatable bonds is 4. The number of hydrogen-bond donors (Lipinski definition) is 0. The third-order valence-electron chi connectivity index (χ3n) is 1.22. The lowest BCUT2D eigenvalue weighted by atomic mass is 10.4. The zero-order valence-electron chi connectivity index (χ0n) is 6.68. The first kappa shape index (κ1) is 10.3. The predicted molar refractivity (Wildman–Crippen MR) is 53.5 cm³/mol. The van der Waals surface area contributed by atoms with Crippen molar-refractivity contribution < 1.29 is 0 Å². The summed E-state index contributed by atoms with van der Waals surface area (Å²) in [5.41, 5.74) is 0.933. The Hall–Kier alpha value is -0.680. The van der Waals surface area contributed by atoms with Crippen molar-refractivity contribution >= 4 is 15.9 Å². The lowest BCUT2D eigenvalue weighted by Gasteiger charge is -2.15. The summed E-state index contributed by atoms with van der Waals surface area (Å²) in [5, 5.41) is 0.843. The quantitative estimate of drug-likeness (QED) is 0.393. The van der Waals surface area contributed by atoms with Gasteiger partial charge in [0.2, 0.25) is 0 Å². The summed E-state index contributed by atoms with van der Waals surface area (Å²) >= 11 is 3.28. The molecule has 0 fully saturated rings. The Morgan fingerprint density at radius 3 is 2.91 bits per heavy atom. The van der Waals surface area contributed by atoms with Crippen molar-refractivity contribution in [3.05, 3.63) is 24.4 Å². The second-order valence-electron chi connectivity index (χ2n) is 2.11. The van der Waals surface area contributed by atoms with Crippen LogP contribution in [0.1, 0.15) is 0 Å². The van der Waals surface area contributed by atoms with Crippen LogP contribution in [0.2, 0.25) is 0 Å². The number of alkyl halides is 1. The molecule has 0 spiro atoms. The van der Waals surface area contributed by atoms with Gasteiger partial charge in [-0.15, -0.1) is 6.42 Å². The molecule has 0 aromatic heterocycles. The fourth-order valence-electron chi connectivity index (χ4n) is 0.546. The standard InChI is InChI=1S/C9H12BrN/c1-4-8-11(3)9(2)6-5-7-10/h1,5-6H,2,7-8H2,3H3/b6-5+. The van der Waals surface area contributed by atoms with Gasteiger partial charge in [-0.3, -0.25) is 0 Å². The van der Waals surface area contributed by atoms with Crippen molar-refractivity contribution in [3.8, 4) is 12.3 Å². The van der Waals surface area contributed by atoms with Gasteiger partial charge >= 0.3 is 0 Å². The predicted octanol–water partition coefficient (Wildman–Crippen LogP) is 2.02. The molecule has 0 aliphatic rings. The van der Waals surface area contributed by atoms with Gasteiger partial charge in [-0.05, 0) is 6.08 Å². The van der Waals surface area contributed by atoms with E-state index in [4.69, 9.17) is 6.42 Å². The maximum atomic E-state index is 5.13. The fourth-order valence-corrected chi connectivity index (χ4v) is 0.733. The zero-order chi connectivity index (χ0) is 8.69. The molecule has 1 nitrogen and oxygen atoms in total. The van der Waals surface area contributed by atoms with Crippen LogP contribution in [-0.4, -0.2) is 23.8 Å². The number of likely N-dealkylation sites (N-methyl/N-ethyl adjacent to an activating group) is 1. The van der Waals surface area contributed by atoms with E-state index in [0.717, 1.165) is 11.0 Å². The van der Waals surface area contributed by atoms with Gasteiger partial charge in [0.1, 0.15) is 0 Å². The van der Waals surface area contributed by atoms with E-state index >= 15 is 0 Å². The largest absolute Gasteiger partial charge is 0.364 e. The van der Waals surface area contributed by atoms with Crippen LogP contribution in [0, 0.1) is 12.3 Å². The van der Waals surface area contributed by atoms with Crippen molar-refractivity contribution in [2.24, 2.45) is 0 Å². The van der Waals surface area contributed by atoms with Gasteiger partial charge in [-0.1, -0.05) is 34.5 Å². The summed E-state index contributed by atoms with van der Waals surface area (Å²) in [6.45, 7) is 4.44. The Labute approximate surface area is 76.9 Å². The van der Waals surface area contributed by atoms with Crippen LogP contribution in [0.5, 0.6) is 0 Å². The van der Waals surface area contributed by atoms with Gasteiger partial charge in [0.15, 0.2) is 0 Å². The Balaban J connectivity index is 3.84. The minimum atomic E-state index is 0.603. The SMILES string of the molecule is C#CCN(C)C(=C)/C=C/CBr. The molecule has 0 heterocycles. The second kappa shape index (κ2) is 6.06. The molecular formula is C9H12BrN. The minimum absolute atomic E-state index is 0.603. The Bertz CT molecular complexity index is 188. The lowest BCUT2D eigenvalue weighted by Crippen LogP contribution is -2.15. The molecule has 0 aliphatic carbocycles. The van der Waals surface area contributed by atoms with Crippen molar-refractivity contribution in [1.82, 2.24) is 4.90 Å². The number of hydrogen-bond acceptors (Lipinski definition) is 1. The fraction of sp³-hybridized carbons (Fsp3) is 0.333. The minimum Gasteiger partial charge on any atom is -0.364 e. The van der Waals surface area contributed by atoms with Gasteiger partial charge in [0.25, 0.3) is 0 Å². The monoisotopic (exact) mass is 213 g/mol. The molecule has 0 aromatic rings. The third-order valence-corrected chi connectivity index (χ3v) is 1.59. The highest BCUT2D eigenvalue weighted by Gasteiger charge is 1.93. The highest BCUT2D eigenvalue weighted by Crippen LogP contribution is 1.99. The molecule has 0 saturated heterocycles. The molecule has 0 radical (unpaired) electrons. The molecule has 0 aromatic carbocycles. The molecule has 2 heteroatoms. The first-order chi connectivity index (χ1) is 5.22. The van der Waals surface area contributed by atoms with E-state index in [-0.39, 0.29) is 0 Å². The number of terminal acetylenes is 1.